The molecule has 17 heavy (non-hydrogen) atoms. The smallest absolute Gasteiger partial charge is 0.0953 e. The molecule has 1 aliphatic rings. The molecule has 0 saturated carbocycles. The lowest BCUT2D eigenvalue weighted by atomic mass is 10.2. The van der Waals surface area contributed by atoms with E-state index < -0.39 is 16.1 Å². The van der Waals surface area contributed by atoms with Crippen LogP contribution in [0.2, 0.25) is 32.7 Å². The predicted octanol–water partition coefficient (Wildman–Crippen LogP) is 3.97. The lowest BCUT2D eigenvalue weighted by Crippen LogP contribution is -2.47. The van der Waals surface area contributed by atoms with Crippen LogP contribution in [0, 0.1) is 0 Å². The Labute approximate surface area is 107 Å². The Morgan fingerprint density at radius 1 is 1.00 bits per heavy atom. The number of benzene rings is 1. The highest BCUT2D eigenvalue weighted by molar-refractivity contribution is 6.98. The van der Waals surface area contributed by atoms with Gasteiger partial charge in [0.05, 0.1) is 8.07 Å². The minimum Gasteiger partial charge on any atom is -0.0953 e. The maximum absolute atomic E-state index is 2.59. The topological polar surface area (TPSA) is 0 Å². The molecule has 0 fully saturated rings. The summed E-state index contributed by atoms with van der Waals surface area (Å²) in [7, 11) is -2.57. The standard InChI is InChI=1S/C15H22Si2/c1-16(2,3)12-14-11-10-13-8-6-7-9-15(13)17(14,4)5/h6-12H,1-5H3/b14-12+. The van der Waals surface area contributed by atoms with E-state index in [9.17, 15) is 0 Å². The number of fused-ring (bicyclic) bond motifs is 1. The van der Waals surface area contributed by atoms with Gasteiger partial charge in [-0.1, -0.05) is 80.0 Å². The van der Waals surface area contributed by atoms with Crippen LogP contribution < -0.4 is 5.19 Å². The zero-order valence-corrected chi connectivity index (χ0v) is 13.5. The minimum atomic E-state index is -1.44. The fraction of sp³-hybridized carbons (Fsp3) is 0.333. The first-order valence-electron chi connectivity index (χ1n) is 6.32. The van der Waals surface area contributed by atoms with E-state index in [1.54, 1.807) is 10.4 Å². The third kappa shape index (κ3) is 2.53. The van der Waals surface area contributed by atoms with Crippen LogP contribution >= 0.6 is 0 Å². The quantitative estimate of drug-likeness (QED) is 0.669. The van der Waals surface area contributed by atoms with Gasteiger partial charge in [0.25, 0.3) is 0 Å². The van der Waals surface area contributed by atoms with Crippen molar-refractivity contribution in [1.29, 1.82) is 0 Å². The molecule has 1 aromatic carbocycles. The molecule has 2 heteroatoms. The van der Waals surface area contributed by atoms with Gasteiger partial charge < -0.3 is 0 Å². The summed E-state index contributed by atoms with van der Waals surface area (Å²) in [6.45, 7) is 12.2. The van der Waals surface area contributed by atoms with Gasteiger partial charge in [-0.3, -0.25) is 0 Å². The lowest BCUT2D eigenvalue weighted by Gasteiger charge is -2.31. The summed E-state index contributed by atoms with van der Waals surface area (Å²) in [6.07, 6.45) is 4.66. The van der Waals surface area contributed by atoms with E-state index in [0.717, 1.165) is 0 Å². The van der Waals surface area contributed by atoms with Gasteiger partial charge in [-0.05, 0) is 10.8 Å². The average molecular weight is 259 g/mol. The second kappa shape index (κ2) is 4.11. The summed E-state index contributed by atoms with van der Waals surface area (Å²) >= 11 is 0. The van der Waals surface area contributed by atoms with Gasteiger partial charge in [-0.2, -0.15) is 0 Å². The Hall–Kier alpha value is -0.866. The molecule has 0 atom stereocenters. The van der Waals surface area contributed by atoms with Gasteiger partial charge in [0.2, 0.25) is 0 Å². The van der Waals surface area contributed by atoms with Gasteiger partial charge in [0.1, 0.15) is 8.07 Å². The van der Waals surface area contributed by atoms with Crippen LogP contribution in [0.3, 0.4) is 0 Å². The molecule has 0 aromatic heterocycles. The monoisotopic (exact) mass is 258 g/mol. The molecule has 0 nitrogen and oxygen atoms in total. The molecule has 0 N–H and O–H groups in total. The van der Waals surface area contributed by atoms with E-state index in [-0.39, 0.29) is 0 Å². The maximum atomic E-state index is 2.59. The third-order valence-corrected chi connectivity index (χ3v) is 8.41. The highest BCUT2D eigenvalue weighted by Gasteiger charge is 2.32. The molecule has 0 spiro atoms. The first kappa shape index (κ1) is 12.6. The summed E-state index contributed by atoms with van der Waals surface area (Å²) in [5, 5.41) is 3.21. The largest absolute Gasteiger partial charge is 0.112 e. The molecular formula is C15H22Si2. The molecule has 1 aromatic rings. The van der Waals surface area contributed by atoms with Crippen LogP contribution in [0.1, 0.15) is 5.56 Å². The number of allylic oxidation sites excluding steroid dienone is 2. The van der Waals surface area contributed by atoms with Crippen molar-refractivity contribution in [2.75, 3.05) is 0 Å². The van der Waals surface area contributed by atoms with E-state index in [1.165, 1.54) is 5.56 Å². The molecule has 90 valence electrons. The zero-order chi connectivity index (χ0) is 12.7. The van der Waals surface area contributed by atoms with Gasteiger partial charge in [0.15, 0.2) is 0 Å². The van der Waals surface area contributed by atoms with Crippen molar-refractivity contribution in [2.24, 2.45) is 0 Å². The summed E-state index contributed by atoms with van der Waals surface area (Å²) in [5.74, 6) is 0. The summed E-state index contributed by atoms with van der Waals surface area (Å²) < 4.78 is 0. The highest BCUT2D eigenvalue weighted by Crippen LogP contribution is 2.26. The van der Waals surface area contributed by atoms with Crippen molar-refractivity contribution in [2.45, 2.75) is 32.7 Å². The zero-order valence-electron chi connectivity index (χ0n) is 11.5. The normalized spacial score (nSPS) is 20.4. The van der Waals surface area contributed by atoms with Crippen molar-refractivity contribution in [3.05, 3.63) is 46.8 Å². The second-order valence-electron chi connectivity index (χ2n) is 6.51. The molecule has 1 heterocycles. The van der Waals surface area contributed by atoms with Gasteiger partial charge in [-0.25, -0.2) is 0 Å². The molecular weight excluding hydrogens is 236 g/mol. The van der Waals surface area contributed by atoms with E-state index in [2.05, 4.69) is 74.9 Å². The molecule has 0 bridgehead atoms. The van der Waals surface area contributed by atoms with Crippen LogP contribution in [0.4, 0.5) is 0 Å². The number of hydrogen-bond acceptors (Lipinski definition) is 0. The summed E-state index contributed by atoms with van der Waals surface area (Å²) in [6, 6.07) is 8.88. The SMILES string of the molecule is C[Si](C)(C)/C=C1\C=Cc2ccccc2[Si]1(C)C. The van der Waals surface area contributed by atoms with E-state index in [1.807, 2.05) is 0 Å². The molecule has 0 radical (unpaired) electrons. The fourth-order valence-electron chi connectivity index (χ4n) is 2.45. The predicted molar refractivity (Wildman–Crippen MR) is 84.0 cm³/mol. The second-order valence-corrected chi connectivity index (χ2v) is 15.9. The molecule has 0 saturated heterocycles. The summed E-state index contributed by atoms with van der Waals surface area (Å²) in [5.41, 5.74) is 4.02. The van der Waals surface area contributed by atoms with Gasteiger partial charge in [-0.15, -0.1) is 0 Å². The first-order valence-corrected chi connectivity index (χ1v) is 12.9. The van der Waals surface area contributed by atoms with E-state index in [4.69, 9.17) is 0 Å². The van der Waals surface area contributed by atoms with E-state index in [0.29, 0.717) is 0 Å². The highest BCUT2D eigenvalue weighted by atomic mass is 28.3. The first-order chi connectivity index (χ1) is 7.81. The molecule has 0 amide bonds. The maximum Gasteiger partial charge on any atom is 0.112 e. The minimum absolute atomic E-state index is 1.13. The van der Waals surface area contributed by atoms with Crippen LogP contribution in [0.15, 0.2) is 41.2 Å². The van der Waals surface area contributed by atoms with Crippen LogP contribution in [-0.4, -0.2) is 16.1 Å². The Morgan fingerprint density at radius 2 is 1.65 bits per heavy atom. The van der Waals surface area contributed by atoms with Gasteiger partial charge >= 0.3 is 0 Å². The van der Waals surface area contributed by atoms with Crippen molar-refractivity contribution >= 4 is 27.4 Å². The van der Waals surface area contributed by atoms with Crippen LogP contribution in [-0.2, 0) is 0 Å². The van der Waals surface area contributed by atoms with Crippen molar-refractivity contribution in [1.82, 2.24) is 0 Å². The fourth-order valence-corrected chi connectivity index (χ4v) is 8.43. The van der Waals surface area contributed by atoms with E-state index >= 15 is 0 Å². The Balaban J connectivity index is 2.55. The van der Waals surface area contributed by atoms with Gasteiger partial charge in [0, 0.05) is 0 Å². The van der Waals surface area contributed by atoms with Crippen LogP contribution in [0.25, 0.3) is 6.08 Å². The number of hydrogen-bond donors (Lipinski definition) is 0. The average Bonchev–Trinajstić information content (AvgIpc) is 2.21. The summed E-state index contributed by atoms with van der Waals surface area (Å²) in [4.78, 5) is 0. The Morgan fingerprint density at radius 3 is 2.29 bits per heavy atom. The molecule has 2 rings (SSSR count). The number of rotatable bonds is 1. The van der Waals surface area contributed by atoms with Crippen molar-refractivity contribution in [3.63, 3.8) is 0 Å². The molecule has 0 unspecified atom stereocenters. The molecule has 0 aliphatic carbocycles. The van der Waals surface area contributed by atoms with Crippen molar-refractivity contribution in [3.8, 4) is 0 Å². The third-order valence-electron chi connectivity index (χ3n) is 3.39. The van der Waals surface area contributed by atoms with Crippen molar-refractivity contribution < 1.29 is 0 Å². The van der Waals surface area contributed by atoms with Crippen LogP contribution in [0.5, 0.6) is 0 Å². The molecule has 1 aliphatic heterocycles. The Kier molecular flexibility index (Phi) is 3.04. The lowest BCUT2D eigenvalue weighted by molar-refractivity contribution is 1.59. The Bertz CT molecular complexity index is 488.